The largest absolute Gasteiger partial charge is 0.438 e. The van der Waals surface area contributed by atoms with Gasteiger partial charge >= 0.3 is 0 Å². The lowest BCUT2D eigenvalue weighted by Crippen LogP contribution is -2.36. The predicted molar refractivity (Wildman–Crippen MR) is 132 cm³/mol. The molecule has 0 radical (unpaired) electrons. The average Bonchev–Trinajstić information content (AvgIpc) is 3.34. The highest BCUT2D eigenvalue weighted by Crippen LogP contribution is 2.35. The van der Waals surface area contributed by atoms with Crippen molar-refractivity contribution >= 4 is 28.3 Å². The van der Waals surface area contributed by atoms with E-state index in [9.17, 15) is 4.79 Å². The van der Waals surface area contributed by atoms with Crippen molar-refractivity contribution < 1.29 is 14.3 Å². The van der Waals surface area contributed by atoms with Crippen LogP contribution in [0, 0.1) is 0 Å². The molecule has 0 spiro atoms. The maximum atomic E-state index is 12.0. The fourth-order valence-corrected chi connectivity index (χ4v) is 4.06. The number of nitrogens with one attached hydrogen (secondary N) is 1. The number of nitrogens with zero attached hydrogens (tertiary/aromatic N) is 4. The summed E-state index contributed by atoms with van der Waals surface area (Å²) in [6.07, 6.45) is 2.75. The van der Waals surface area contributed by atoms with E-state index in [1.807, 2.05) is 36.4 Å². The molecule has 1 N–H and O–H groups in total. The monoisotopic (exact) mass is 455 g/mol. The molecule has 0 atom stereocenters. The maximum Gasteiger partial charge on any atom is 0.250 e. The first-order valence-electron chi connectivity index (χ1n) is 11.1. The number of likely N-dealkylation sites (N-methyl/N-ethyl adjacent to an activating group) is 1. The van der Waals surface area contributed by atoms with E-state index in [2.05, 4.69) is 38.6 Å². The fourth-order valence-electron chi connectivity index (χ4n) is 4.06. The van der Waals surface area contributed by atoms with Crippen LogP contribution >= 0.6 is 0 Å². The molecule has 1 saturated heterocycles. The number of aromatic amines is 1. The number of ether oxygens (including phenoxy) is 2. The van der Waals surface area contributed by atoms with E-state index >= 15 is 0 Å². The number of hydrogen-bond donors (Lipinski definition) is 1. The van der Waals surface area contributed by atoms with Crippen molar-refractivity contribution in [1.29, 1.82) is 0 Å². The number of carbonyl (C=O) groups excluding carboxylic acids is 1. The molecule has 1 fully saturated rings. The molecule has 5 rings (SSSR count). The van der Waals surface area contributed by atoms with Crippen LogP contribution in [0.25, 0.3) is 22.3 Å². The van der Waals surface area contributed by atoms with Crippen LogP contribution in [0.2, 0.25) is 0 Å². The molecule has 4 aromatic rings. The molecule has 34 heavy (non-hydrogen) atoms. The molecule has 1 aliphatic rings. The first kappa shape index (κ1) is 21.7. The van der Waals surface area contributed by atoms with Crippen LogP contribution in [0.4, 0.5) is 11.4 Å². The second kappa shape index (κ2) is 9.36. The molecular formula is C26H25N5O3. The second-order valence-electron chi connectivity index (χ2n) is 7.94. The number of H-pyrrole nitrogens is 1. The lowest BCUT2D eigenvalue weighted by Gasteiger charge is -2.30. The number of carbonyl (C=O) groups is 1. The number of morpholine rings is 1. The number of aromatic nitrogens is 3. The van der Waals surface area contributed by atoms with Crippen LogP contribution in [0.1, 0.15) is 0 Å². The molecule has 0 unspecified atom stereocenters. The summed E-state index contributed by atoms with van der Waals surface area (Å²) in [6, 6.07) is 17.6. The second-order valence-corrected chi connectivity index (χ2v) is 7.94. The van der Waals surface area contributed by atoms with E-state index in [4.69, 9.17) is 9.47 Å². The van der Waals surface area contributed by atoms with Crippen molar-refractivity contribution in [3.8, 4) is 22.9 Å². The Morgan fingerprint density at radius 2 is 1.97 bits per heavy atom. The van der Waals surface area contributed by atoms with Gasteiger partial charge in [-0.1, -0.05) is 30.8 Å². The van der Waals surface area contributed by atoms with E-state index in [1.54, 1.807) is 13.1 Å². The SMILES string of the molecule is C=CC(=O)N(C)c1cccc(Oc2ncnc3[nH]c(-c4ccccc4N4CCOCC4)cc23)c1. The lowest BCUT2D eigenvalue weighted by atomic mass is 10.1. The lowest BCUT2D eigenvalue weighted by molar-refractivity contribution is -0.113. The van der Waals surface area contributed by atoms with Crippen molar-refractivity contribution in [2.75, 3.05) is 43.2 Å². The Balaban J connectivity index is 1.48. The van der Waals surface area contributed by atoms with Gasteiger partial charge in [0.05, 0.1) is 18.6 Å². The van der Waals surface area contributed by atoms with Crippen molar-refractivity contribution in [3.05, 3.63) is 73.6 Å². The average molecular weight is 456 g/mol. The molecular weight excluding hydrogens is 430 g/mol. The Labute approximate surface area is 197 Å². The van der Waals surface area contributed by atoms with Crippen LogP contribution in [-0.4, -0.2) is 54.2 Å². The van der Waals surface area contributed by atoms with E-state index in [1.165, 1.54) is 17.3 Å². The van der Waals surface area contributed by atoms with Gasteiger partial charge in [0.2, 0.25) is 11.8 Å². The minimum Gasteiger partial charge on any atom is -0.438 e. The zero-order valence-corrected chi connectivity index (χ0v) is 18.9. The molecule has 172 valence electrons. The van der Waals surface area contributed by atoms with E-state index in [0.29, 0.717) is 23.0 Å². The standard InChI is InChI=1S/C26H25N5O3/c1-3-24(32)30(2)18-7-6-8-19(15-18)34-26-21-16-22(29-25(21)27-17-28-26)20-9-4-5-10-23(20)31-11-13-33-14-12-31/h3-10,15-17H,1,11-14H2,2H3,(H,27,28,29). The minimum atomic E-state index is -0.198. The summed E-state index contributed by atoms with van der Waals surface area (Å²) in [7, 11) is 1.69. The molecule has 1 amide bonds. The van der Waals surface area contributed by atoms with Gasteiger partial charge in [0.15, 0.2) is 0 Å². The van der Waals surface area contributed by atoms with Crippen LogP contribution in [0.3, 0.4) is 0 Å². The molecule has 2 aromatic heterocycles. The van der Waals surface area contributed by atoms with Crippen molar-refractivity contribution in [2.24, 2.45) is 0 Å². The fraction of sp³-hybridized carbons (Fsp3) is 0.192. The van der Waals surface area contributed by atoms with Gasteiger partial charge in [0.25, 0.3) is 0 Å². The van der Waals surface area contributed by atoms with E-state index < -0.39 is 0 Å². The first-order chi connectivity index (χ1) is 16.6. The van der Waals surface area contributed by atoms with Crippen LogP contribution in [0.15, 0.2) is 73.6 Å². The molecule has 8 heteroatoms. The number of para-hydroxylation sites is 1. The molecule has 0 aliphatic carbocycles. The molecule has 0 saturated carbocycles. The number of fused-ring (bicyclic) bond motifs is 1. The normalized spacial score (nSPS) is 13.6. The molecule has 8 nitrogen and oxygen atoms in total. The Hall–Kier alpha value is -4.17. The van der Waals surface area contributed by atoms with Gasteiger partial charge in [-0.2, -0.15) is 0 Å². The highest BCUT2D eigenvalue weighted by molar-refractivity contribution is 6.00. The molecule has 3 heterocycles. The van der Waals surface area contributed by atoms with Gasteiger partial charge in [-0.15, -0.1) is 0 Å². The first-order valence-corrected chi connectivity index (χ1v) is 11.1. The molecule has 1 aliphatic heterocycles. The van der Waals surface area contributed by atoms with Crippen LogP contribution in [0.5, 0.6) is 11.6 Å². The van der Waals surface area contributed by atoms with Crippen LogP contribution in [-0.2, 0) is 9.53 Å². The Morgan fingerprint density at radius 3 is 2.79 bits per heavy atom. The predicted octanol–water partition coefficient (Wildman–Crippen LogP) is 4.40. The van der Waals surface area contributed by atoms with Gasteiger partial charge in [-0.25, -0.2) is 9.97 Å². The van der Waals surface area contributed by atoms with E-state index in [-0.39, 0.29) is 5.91 Å². The summed E-state index contributed by atoms with van der Waals surface area (Å²) in [6.45, 7) is 6.68. The topological polar surface area (TPSA) is 83.6 Å². The summed E-state index contributed by atoms with van der Waals surface area (Å²) < 4.78 is 11.6. The van der Waals surface area contributed by atoms with Crippen LogP contribution < -0.4 is 14.5 Å². The third kappa shape index (κ3) is 4.23. The third-order valence-electron chi connectivity index (χ3n) is 5.86. The van der Waals surface area contributed by atoms with E-state index in [0.717, 1.165) is 48.6 Å². The zero-order chi connectivity index (χ0) is 23.5. The van der Waals surface area contributed by atoms with Crippen molar-refractivity contribution in [1.82, 2.24) is 15.0 Å². The summed E-state index contributed by atoms with van der Waals surface area (Å²) in [5.41, 5.74) is 4.55. The zero-order valence-electron chi connectivity index (χ0n) is 18.9. The van der Waals surface area contributed by atoms with Gasteiger partial charge in [0.1, 0.15) is 17.7 Å². The number of benzene rings is 2. The van der Waals surface area contributed by atoms with Crippen molar-refractivity contribution in [2.45, 2.75) is 0 Å². The summed E-state index contributed by atoms with van der Waals surface area (Å²) in [5.74, 6) is 0.805. The highest BCUT2D eigenvalue weighted by atomic mass is 16.5. The molecule has 2 aromatic carbocycles. The smallest absolute Gasteiger partial charge is 0.250 e. The molecule has 0 bridgehead atoms. The van der Waals surface area contributed by atoms with Gasteiger partial charge in [-0.3, -0.25) is 4.79 Å². The van der Waals surface area contributed by atoms with Gasteiger partial charge in [-0.05, 0) is 30.3 Å². The minimum absolute atomic E-state index is 0.198. The van der Waals surface area contributed by atoms with Gasteiger partial charge < -0.3 is 24.3 Å². The maximum absolute atomic E-state index is 12.0. The summed E-state index contributed by atoms with van der Waals surface area (Å²) in [5, 5.41) is 0.773. The quantitative estimate of drug-likeness (QED) is 0.434. The number of rotatable bonds is 6. The third-order valence-corrected chi connectivity index (χ3v) is 5.86. The summed E-state index contributed by atoms with van der Waals surface area (Å²) in [4.78, 5) is 28.0. The highest BCUT2D eigenvalue weighted by Gasteiger charge is 2.18. The Morgan fingerprint density at radius 1 is 1.15 bits per heavy atom. The van der Waals surface area contributed by atoms with Gasteiger partial charge in [0, 0.05) is 48.8 Å². The number of amides is 1. The number of anilines is 2. The Kier molecular flexibility index (Phi) is 5.97. The number of hydrogen-bond acceptors (Lipinski definition) is 6. The summed E-state index contributed by atoms with van der Waals surface area (Å²) >= 11 is 0. The Bertz CT molecular complexity index is 1340. The van der Waals surface area contributed by atoms with Crippen molar-refractivity contribution in [3.63, 3.8) is 0 Å².